The van der Waals surface area contributed by atoms with Crippen LogP contribution >= 0.6 is 0 Å². The molecule has 0 N–H and O–H groups in total. The van der Waals surface area contributed by atoms with Crippen molar-refractivity contribution in [1.29, 1.82) is 0 Å². The Morgan fingerprint density at radius 2 is 1.63 bits per heavy atom. The SMILES string of the molecule is COc1ccc(-c2cc(=Nc3ccc(F)cc3)c3cc(C)ccc3o2)cc1. The lowest BCUT2D eigenvalue weighted by Gasteiger charge is -2.07. The molecule has 1 heterocycles. The zero-order valence-corrected chi connectivity index (χ0v) is 15.1. The number of nitrogens with zero attached hydrogens (tertiary/aromatic N) is 1. The van der Waals surface area contributed by atoms with Crippen molar-refractivity contribution in [2.75, 3.05) is 7.11 Å². The maximum atomic E-state index is 13.2. The van der Waals surface area contributed by atoms with Crippen molar-refractivity contribution < 1.29 is 13.5 Å². The summed E-state index contributed by atoms with van der Waals surface area (Å²) in [5.74, 6) is 1.21. The molecule has 0 saturated carbocycles. The minimum Gasteiger partial charge on any atom is -0.497 e. The second kappa shape index (κ2) is 7.08. The van der Waals surface area contributed by atoms with Gasteiger partial charge in [0.25, 0.3) is 0 Å². The molecule has 0 aliphatic carbocycles. The second-order valence-corrected chi connectivity index (χ2v) is 6.31. The molecule has 0 unspecified atom stereocenters. The normalized spacial score (nSPS) is 11.7. The number of fused-ring (bicyclic) bond motifs is 1. The van der Waals surface area contributed by atoms with Crippen LogP contribution in [-0.4, -0.2) is 7.11 Å². The van der Waals surface area contributed by atoms with Crippen LogP contribution in [0, 0.1) is 12.7 Å². The van der Waals surface area contributed by atoms with E-state index in [0.717, 1.165) is 33.2 Å². The van der Waals surface area contributed by atoms with E-state index >= 15 is 0 Å². The summed E-state index contributed by atoms with van der Waals surface area (Å²) in [6, 6.07) is 21.7. The maximum Gasteiger partial charge on any atom is 0.136 e. The van der Waals surface area contributed by atoms with Crippen LogP contribution in [-0.2, 0) is 0 Å². The summed E-state index contributed by atoms with van der Waals surface area (Å²) in [5.41, 5.74) is 3.47. The molecule has 0 aliphatic heterocycles. The predicted octanol–water partition coefficient (Wildman–Crippen LogP) is 5.79. The first-order chi connectivity index (χ1) is 13.1. The van der Waals surface area contributed by atoms with E-state index in [-0.39, 0.29) is 5.82 Å². The van der Waals surface area contributed by atoms with Gasteiger partial charge >= 0.3 is 0 Å². The van der Waals surface area contributed by atoms with Crippen LogP contribution in [0.2, 0.25) is 0 Å². The monoisotopic (exact) mass is 359 g/mol. The lowest BCUT2D eigenvalue weighted by molar-refractivity contribution is 0.415. The van der Waals surface area contributed by atoms with E-state index in [0.29, 0.717) is 11.4 Å². The number of rotatable bonds is 3. The van der Waals surface area contributed by atoms with Crippen molar-refractivity contribution in [3.05, 3.63) is 89.5 Å². The van der Waals surface area contributed by atoms with Crippen molar-refractivity contribution in [1.82, 2.24) is 0 Å². The molecule has 134 valence electrons. The van der Waals surface area contributed by atoms with Crippen molar-refractivity contribution in [2.24, 2.45) is 4.99 Å². The Bertz CT molecular complexity index is 1160. The van der Waals surface area contributed by atoms with Gasteiger partial charge in [0.15, 0.2) is 0 Å². The summed E-state index contributed by atoms with van der Waals surface area (Å²) < 4.78 is 24.5. The molecule has 0 radical (unpaired) electrons. The van der Waals surface area contributed by atoms with Gasteiger partial charge in [-0.3, -0.25) is 0 Å². The molecule has 0 spiro atoms. The number of aryl methyl sites for hydroxylation is 1. The highest BCUT2D eigenvalue weighted by atomic mass is 19.1. The van der Waals surface area contributed by atoms with Gasteiger partial charge in [-0.15, -0.1) is 0 Å². The van der Waals surface area contributed by atoms with Crippen molar-refractivity contribution in [2.45, 2.75) is 6.92 Å². The van der Waals surface area contributed by atoms with Crippen LogP contribution < -0.4 is 10.1 Å². The largest absolute Gasteiger partial charge is 0.497 e. The summed E-state index contributed by atoms with van der Waals surface area (Å²) in [4.78, 5) is 4.72. The second-order valence-electron chi connectivity index (χ2n) is 6.31. The summed E-state index contributed by atoms with van der Waals surface area (Å²) >= 11 is 0. The van der Waals surface area contributed by atoms with Crippen LogP contribution in [0.5, 0.6) is 5.75 Å². The summed E-state index contributed by atoms with van der Waals surface area (Å²) in [6.07, 6.45) is 0. The van der Waals surface area contributed by atoms with E-state index in [1.54, 1.807) is 19.2 Å². The zero-order valence-electron chi connectivity index (χ0n) is 15.1. The van der Waals surface area contributed by atoms with Gasteiger partial charge in [0.05, 0.1) is 18.2 Å². The molecule has 3 aromatic carbocycles. The van der Waals surface area contributed by atoms with Crippen molar-refractivity contribution >= 4 is 16.7 Å². The topological polar surface area (TPSA) is 34.7 Å². The molecule has 0 amide bonds. The van der Waals surface area contributed by atoms with Crippen LogP contribution in [0.3, 0.4) is 0 Å². The van der Waals surface area contributed by atoms with Crippen LogP contribution in [0.25, 0.3) is 22.3 Å². The van der Waals surface area contributed by atoms with E-state index in [2.05, 4.69) is 0 Å². The quantitative estimate of drug-likeness (QED) is 0.464. The fourth-order valence-corrected chi connectivity index (χ4v) is 2.93. The van der Waals surface area contributed by atoms with Gasteiger partial charge in [-0.2, -0.15) is 0 Å². The maximum absolute atomic E-state index is 13.2. The van der Waals surface area contributed by atoms with Gasteiger partial charge in [-0.05, 0) is 67.6 Å². The molecule has 0 aliphatic rings. The highest BCUT2D eigenvalue weighted by molar-refractivity contribution is 5.79. The van der Waals surface area contributed by atoms with Crippen molar-refractivity contribution in [3.8, 4) is 17.1 Å². The third-order valence-electron chi connectivity index (χ3n) is 4.35. The van der Waals surface area contributed by atoms with Gasteiger partial charge < -0.3 is 9.15 Å². The molecule has 27 heavy (non-hydrogen) atoms. The van der Waals surface area contributed by atoms with E-state index in [9.17, 15) is 4.39 Å². The molecular weight excluding hydrogens is 341 g/mol. The summed E-state index contributed by atoms with van der Waals surface area (Å²) in [6.45, 7) is 2.03. The Labute approximate surface area is 156 Å². The Morgan fingerprint density at radius 1 is 0.889 bits per heavy atom. The fraction of sp³-hybridized carbons (Fsp3) is 0.0870. The molecule has 4 rings (SSSR count). The molecule has 4 aromatic rings. The minimum absolute atomic E-state index is 0.281. The first-order valence-electron chi connectivity index (χ1n) is 8.61. The van der Waals surface area contributed by atoms with Crippen LogP contribution in [0.15, 0.2) is 82.2 Å². The average molecular weight is 359 g/mol. The highest BCUT2D eigenvalue weighted by Gasteiger charge is 2.07. The molecule has 3 nitrogen and oxygen atoms in total. The third-order valence-corrected chi connectivity index (χ3v) is 4.35. The van der Waals surface area contributed by atoms with E-state index in [1.807, 2.05) is 55.5 Å². The third kappa shape index (κ3) is 3.60. The predicted molar refractivity (Wildman–Crippen MR) is 105 cm³/mol. The van der Waals surface area contributed by atoms with E-state index < -0.39 is 0 Å². The number of hydrogen-bond donors (Lipinski definition) is 0. The van der Waals surface area contributed by atoms with Gasteiger partial charge in [0.2, 0.25) is 0 Å². The van der Waals surface area contributed by atoms with Crippen LogP contribution in [0.4, 0.5) is 10.1 Å². The number of hydrogen-bond acceptors (Lipinski definition) is 3. The number of benzene rings is 3. The highest BCUT2D eigenvalue weighted by Crippen LogP contribution is 2.25. The molecule has 4 heteroatoms. The Kier molecular flexibility index (Phi) is 4.47. The molecular formula is C23H18FNO2. The Morgan fingerprint density at radius 3 is 2.33 bits per heavy atom. The molecule has 0 bridgehead atoms. The first-order valence-corrected chi connectivity index (χ1v) is 8.61. The zero-order chi connectivity index (χ0) is 18.8. The minimum atomic E-state index is -0.281. The number of halogens is 1. The lowest BCUT2D eigenvalue weighted by Crippen LogP contribution is -2.03. The summed E-state index contributed by atoms with van der Waals surface area (Å²) in [7, 11) is 1.64. The van der Waals surface area contributed by atoms with Gasteiger partial charge in [-0.25, -0.2) is 9.38 Å². The lowest BCUT2D eigenvalue weighted by atomic mass is 10.1. The first kappa shape index (κ1) is 17.0. The standard InChI is InChI=1S/C23H18FNO2/c1-15-3-12-22-20(13-15)21(25-18-8-6-17(24)7-9-18)14-23(27-22)16-4-10-19(26-2)11-5-16/h3-14H,1-2H3. The molecule has 0 saturated heterocycles. The van der Waals surface area contributed by atoms with E-state index in [4.69, 9.17) is 14.1 Å². The van der Waals surface area contributed by atoms with Gasteiger partial charge in [0, 0.05) is 17.0 Å². The smallest absolute Gasteiger partial charge is 0.136 e. The van der Waals surface area contributed by atoms with Gasteiger partial charge in [0.1, 0.15) is 22.9 Å². The Balaban J connectivity index is 1.94. The molecule has 0 fully saturated rings. The fourth-order valence-electron chi connectivity index (χ4n) is 2.93. The Hall–Kier alpha value is -3.40. The van der Waals surface area contributed by atoms with E-state index in [1.165, 1.54) is 12.1 Å². The molecule has 1 aromatic heterocycles. The number of ether oxygens (including phenoxy) is 1. The average Bonchev–Trinajstić information content (AvgIpc) is 2.70. The van der Waals surface area contributed by atoms with Crippen LogP contribution in [0.1, 0.15) is 5.56 Å². The van der Waals surface area contributed by atoms with Gasteiger partial charge in [-0.1, -0.05) is 11.6 Å². The molecule has 0 atom stereocenters. The van der Waals surface area contributed by atoms with Crippen molar-refractivity contribution in [3.63, 3.8) is 0 Å². The number of methoxy groups -OCH3 is 1. The summed E-state index contributed by atoms with van der Waals surface area (Å²) in [5, 5.41) is 1.69.